The molecule has 5 fully saturated rings. The van der Waals surface area contributed by atoms with Gasteiger partial charge in [0.1, 0.15) is 0 Å². The SMILES string of the molecule is O=[S@]1O[C@@](O)(C(F)(F)F)CC12C1CC3CC(C1)CC2C3. The van der Waals surface area contributed by atoms with E-state index in [0.29, 0.717) is 11.8 Å². The van der Waals surface area contributed by atoms with Gasteiger partial charge in [-0.15, -0.1) is 0 Å². The van der Waals surface area contributed by atoms with Crippen LogP contribution in [0.4, 0.5) is 13.2 Å². The molecular weight excluding hydrogens is 293 g/mol. The van der Waals surface area contributed by atoms with Crippen molar-refractivity contribution in [1.29, 1.82) is 0 Å². The van der Waals surface area contributed by atoms with E-state index in [4.69, 9.17) is 0 Å². The average Bonchev–Trinajstić information content (AvgIpc) is 2.59. The maximum absolute atomic E-state index is 13.0. The van der Waals surface area contributed by atoms with Gasteiger partial charge in [0.05, 0.1) is 4.75 Å². The fraction of sp³-hybridized carbons (Fsp3) is 1.00. The van der Waals surface area contributed by atoms with Crippen molar-refractivity contribution in [2.24, 2.45) is 23.7 Å². The van der Waals surface area contributed by atoms with Crippen LogP contribution in [0, 0.1) is 23.7 Å². The quantitative estimate of drug-likeness (QED) is 0.748. The molecule has 7 heteroatoms. The Hall–Kier alpha value is -0.140. The molecule has 1 aliphatic heterocycles. The molecule has 0 unspecified atom stereocenters. The van der Waals surface area contributed by atoms with Crippen molar-refractivity contribution < 1.29 is 26.7 Å². The predicted octanol–water partition coefficient (Wildman–Crippen LogP) is 2.52. The summed E-state index contributed by atoms with van der Waals surface area (Å²) in [7, 11) is 0. The van der Waals surface area contributed by atoms with Crippen LogP contribution in [-0.2, 0) is 15.3 Å². The number of alkyl halides is 3. The van der Waals surface area contributed by atoms with Gasteiger partial charge < -0.3 is 5.11 Å². The fourth-order valence-electron chi connectivity index (χ4n) is 5.36. The smallest absolute Gasteiger partial charge is 0.358 e. The molecule has 1 saturated heterocycles. The van der Waals surface area contributed by atoms with E-state index in [1.54, 1.807) is 0 Å². The van der Waals surface area contributed by atoms with E-state index < -0.39 is 34.2 Å². The van der Waals surface area contributed by atoms with Crippen molar-refractivity contribution in [3.8, 4) is 0 Å². The summed E-state index contributed by atoms with van der Waals surface area (Å²) in [5.41, 5.74) is 0. The number of hydrogen-bond donors (Lipinski definition) is 1. The zero-order valence-electron chi connectivity index (χ0n) is 10.9. The zero-order chi connectivity index (χ0) is 14.3. The van der Waals surface area contributed by atoms with E-state index in [1.165, 1.54) is 6.42 Å². The van der Waals surface area contributed by atoms with Crippen LogP contribution in [0.5, 0.6) is 0 Å². The number of hydrogen-bond acceptors (Lipinski definition) is 3. The second kappa shape index (κ2) is 3.79. The first-order valence-electron chi connectivity index (χ1n) is 7.15. The lowest BCUT2D eigenvalue weighted by Gasteiger charge is -2.58. The Morgan fingerprint density at radius 1 is 1.05 bits per heavy atom. The minimum absolute atomic E-state index is 0.0101. The molecule has 2 atom stereocenters. The zero-order valence-corrected chi connectivity index (χ0v) is 11.7. The third-order valence-corrected chi connectivity index (χ3v) is 7.86. The van der Waals surface area contributed by atoms with Gasteiger partial charge in [-0.2, -0.15) is 13.2 Å². The number of aliphatic hydroxyl groups is 1. The maximum Gasteiger partial charge on any atom is 0.444 e. The van der Waals surface area contributed by atoms with E-state index in [1.807, 2.05) is 0 Å². The Morgan fingerprint density at radius 2 is 1.55 bits per heavy atom. The van der Waals surface area contributed by atoms with Crippen LogP contribution >= 0.6 is 0 Å². The Balaban J connectivity index is 1.73. The lowest BCUT2D eigenvalue weighted by atomic mass is 9.50. The summed E-state index contributed by atoms with van der Waals surface area (Å²) in [5, 5.41) is 9.81. The van der Waals surface area contributed by atoms with Crippen LogP contribution in [0.25, 0.3) is 0 Å². The van der Waals surface area contributed by atoms with Gasteiger partial charge in [-0.3, -0.25) is 0 Å². The van der Waals surface area contributed by atoms with Gasteiger partial charge in [0.2, 0.25) is 0 Å². The summed E-state index contributed by atoms with van der Waals surface area (Å²) < 4.78 is 55.0. The van der Waals surface area contributed by atoms with Gasteiger partial charge in [-0.05, 0) is 55.8 Å². The van der Waals surface area contributed by atoms with Crippen molar-refractivity contribution in [3.05, 3.63) is 0 Å². The topological polar surface area (TPSA) is 46.5 Å². The minimum Gasteiger partial charge on any atom is -0.358 e. The normalized spacial score (nSPS) is 57.7. The molecule has 5 rings (SSSR count). The van der Waals surface area contributed by atoms with Gasteiger partial charge in [0, 0.05) is 6.42 Å². The van der Waals surface area contributed by atoms with Crippen molar-refractivity contribution in [2.45, 2.75) is 55.2 Å². The van der Waals surface area contributed by atoms with Crippen LogP contribution in [-0.4, -0.2) is 26.0 Å². The van der Waals surface area contributed by atoms with Gasteiger partial charge in [0.15, 0.2) is 11.1 Å². The Morgan fingerprint density at radius 3 is 1.95 bits per heavy atom. The third kappa shape index (κ3) is 1.52. The standard InChI is InChI=1S/C13H17F3O3S/c14-13(15,16)12(17)6-11(20(18)19-12)9-2-7-1-8(4-9)5-10(11)3-7/h7-10,17H,1-6H2/t7?,8?,9?,10?,11?,12-,20+/m1/s1. The molecule has 0 aromatic carbocycles. The molecule has 1 N–H and O–H groups in total. The third-order valence-electron chi connectivity index (χ3n) is 6.00. The molecule has 1 heterocycles. The van der Waals surface area contributed by atoms with Crippen LogP contribution < -0.4 is 0 Å². The molecule has 4 saturated carbocycles. The lowest BCUT2D eigenvalue weighted by molar-refractivity contribution is -0.331. The number of rotatable bonds is 0. The van der Waals surface area contributed by atoms with Gasteiger partial charge in [-0.25, -0.2) is 8.39 Å². The molecule has 0 amide bonds. The molecule has 114 valence electrons. The first-order chi connectivity index (χ1) is 9.24. The first-order valence-corrected chi connectivity index (χ1v) is 8.22. The summed E-state index contributed by atoms with van der Waals surface area (Å²) in [4.78, 5) is 0. The predicted molar refractivity (Wildman–Crippen MR) is 64.6 cm³/mol. The van der Waals surface area contributed by atoms with Crippen molar-refractivity contribution in [3.63, 3.8) is 0 Å². The lowest BCUT2D eigenvalue weighted by Crippen LogP contribution is -2.59. The van der Waals surface area contributed by atoms with Crippen molar-refractivity contribution in [1.82, 2.24) is 0 Å². The second-order valence-electron chi connectivity index (χ2n) is 7.04. The van der Waals surface area contributed by atoms with Crippen molar-refractivity contribution in [2.75, 3.05) is 0 Å². The summed E-state index contributed by atoms with van der Waals surface area (Å²) >= 11 is -2.06. The highest BCUT2D eigenvalue weighted by Gasteiger charge is 2.73. The van der Waals surface area contributed by atoms with E-state index in [2.05, 4.69) is 4.18 Å². The summed E-state index contributed by atoms with van der Waals surface area (Å²) in [6, 6.07) is 0. The van der Waals surface area contributed by atoms with Crippen LogP contribution in [0.3, 0.4) is 0 Å². The van der Waals surface area contributed by atoms with E-state index >= 15 is 0 Å². The molecule has 0 aromatic heterocycles. The Labute approximate surface area is 117 Å². The summed E-state index contributed by atoms with van der Waals surface area (Å²) in [6.45, 7) is 0. The fourth-order valence-corrected chi connectivity index (χ4v) is 7.16. The largest absolute Gasteiger partial charge is 0.444 e. The van der Waals surface area contributed by atoms with Crippen LogP contribution in [0.15, 0.2) is 0 Å². The van der Waals surface area contributed by atoms with E-state index in [9.17, 15) is 22.5 Å². The van der Waals surface area contributed by atoms with Gasteiger partial charge in [-0.1, -0.05) is 0 Å². The Bertz CT molecular complexity index is 450. The number of halogens is 3. The highest BCUT2D eigenvalue weighted by molar-refractivity contribution is 7.82. The molecular formula is C13H17F3O3S. The van der Waals surface area contributed by atoms with E-state index in [-0.39, 0.29) is 11.8 Å². The molecule has 4 bridgehead atoms. The maximum atomic E-state index is 13.0. The molecule has 3 nitrogen and oxygen atoms in total. The first kappa shape index (κ1) is 13.5. The summed E-state index contributed by atoms with van der Waals surface area (Å²) in [6.07, 6.45) is -0.899. The molecule has 1 spiro atoms. The molecule has 0 radical (unpaired) electrons. The minimum atomic E-state index is -4.89. The molecule has 0 aromatic rings. The molecule has 5 aliphatic rings. The Kier molecular flexibility index (Phi) is 2.56. The van der Waals surface area contributed by atoms with Crippen LogP contribution in [0.2, 0.25) is 0 Å². The summed E-state index contributed by atoms with van der Waals surface area (Å²) in [5.74, 6) is -2.07. The van der Waals surface area contributed by atoms with Gasteiger partial charge in [0.25, 0.3) is 5.79 Å². The van der Waals surface area contributed by atoms with E-state index in [0.717, 1.165) is 25.7 Å². The second-order valence-corrected chi connectivity index (χ2v) is 8.43. The monoisotopic (exact) mass is 310 g/mol. The highest BCUT2D eigenvalue weighted by Crippen LogP contribution is 2.65. The highest BCUT2D eigenvalue weighted by atomic mass is 32.2. The van der Waals surface area contributed by atoms with Crippen molar-refractivity contribution >= 4 is 11.1 Å². The van der Waals surface area contributed by atoms with Gasteiger partial charge >= 0.3 is 6.18 Å². The molecule has 20 heavy (non-hydrogen) atoms. The molecule has 4 aliphatic carbocycles. The average molecular weight is 310 g/mol. The van der Waals surface area contributed by atoms with Crippen LogP contribution in [0.1, 0.15) is 38.5 Å².